The van der Waals surface area contributed by atoms with Crippen LogP contribution in [0.1, 0.15) is 26.2 Å². The molecule has 1 atom stereocenters. The van der Waals surface area contributed by atoms with Crippen LogP contribution in [0, 0.1) is 11.3 Å². The van der Waals surface area contributed by atoms with Gasteiger partial charge in [-0.2, -0.15) is 5.26 Å². The Kier molecular flexibility index (Phi) is 2.70. The topological polar surface area (TPSA) is 27.0 Å². The lowest BCUT2D eigenvalue weighted by molar-refractivity contribution is 0.181. The molecule has 2 nitrogen and oxygen atoms in total. The fraction of sp³-hybridized carbons (Fsp3) is 0.875. The lowest BCUT2D eigenvalue weighted by Crippen LogP contribution is -2.37. The first-order valence-corrected chi connectivity index (χ1v) is 3.95. The zero-order chi connectivity index (χ0) is 7.40. The van der Waals surface area contributed by atoms with E-state index >= 15 is 0 Å². The van der Waals surface area contributed by atoms with Crippen molar-refractivity contribution in [1.82, 2.24) is 4.90 Å². The van der Waals surface area contributed by atoms with E-state index in [9.17, 15) is 0 Å². The minimum atomic E-state index is 0.612. The number of rotatable bonds is 1. The van der Waals surface area contributed by atoms with Crippen LogP contribution in [0.4, 0.5) is 0 Å². The highest BCUT2D eigenvalue weighted by Gasteiger charge is 2.16. The second-order valence-electron chi connectivity index (χ2n) is 2.97. The maximum absolute atomic E-state index is 8.44. The smallest absolute Gasteiger partial charge is 0.0868 e. The van der Waals surface area contributed by atoms with E-state index in [0.29, 0.717) is 12.6 Å². The van der Waals surface area contributed by atoms with Crippen LogP contribution in [0.2, 0.25) is 0 Å². The Labute approximate surface area is 62.4 Å². The number of nitrogens with zero attached hydrogens (tertiary/aromatic N) is 2. The molecule has 0 saturated carbocycles. The summed E-state index contributed by atoms with van der Waals surface area (Å²) in [6, 6.07) is 2.83. The molecule has 2 heteroatoms. The van der Waals surface area contributed by atoms with E-state index in [2.05, 4.69) is 17.9 Å². The zero-order valence-electron chi connectivity index (χ0n) is 6.51. The molecule has 0 radical (unpaired) electrons. The van der Waals surface area contributed by atoms with Crippen molar-refractivity contribution < 1.29 is 0 Å². The lowest BCUT2D eigenvalue weighted by Gasteiger charge is -2.30. The predicted molar refractivity (Wildman–Crippen MR) is 40.5 cm³/mol. The molecule has 1 heterocycles. The van der Waals surface area contributed by atoms with Crippen LogP contribution in [0.15, 0.2) is 0 Å². The molecule has 1 aliphatic rings. The van der Waals surface area contributed by atoms with Crippen molar-refractivity contribution in [2.45, 2.75) is 32.2 Å². The highest BCUT2D eigenvalue weighted by atomic mass is 15.1. The molecular formula is C8H14N2. The highest BCUT2D eigenvalue weighted by molar-refractivity contribution is 4.82. The molecule has 0 amide bonds. The van der Waals surface area contributed by atoms with E-state index in [1.165, 1.54) is 19.3 Å². The summed E-state index contributed by atoms with van der Waals surface area (Å²) >= 11 is 0. The summed E-state index contributed by atoms with van der Waals surface area (Å²) in [4.78, 5) is 2.25. The molecule has 0 aromatic rings. The Balaban J connectivity index is 2.34. The standard InChI is InChI=1S/C8H14N2/c1-8-4-2-3-6-10(8)7-5-9/h8H,2-4,6-7H2,1H3/t8-/m1/s1. The normalized spacial score (nSPS) is 27.8. The van der Waals surface area contributed by atoms with Gasteiger partial charge in [-0.3, -0.25) is 4.90 Å². The maximum Gasteiger partial charge on any atom is 0.0868 e. The van der Waals surface area contributed by atoms with E-state index < -0.39 is 0 Å². The zero-order valence-corrected chi connectivity index (χ0v) is 6.51. The van der Waals surface area contributed by atoms with Crippen molar-refractivity contribution in [2.75, 3.05) is 13.1 Å². The van der Waals surface area contributed by atoms with Crippen molar-refractivity contribution in [3.05, 3.63) is 0 Å². The van der Waals surface area contributed by atoms with Crippen molar-refractivity contribution in [2.24, 2.45) is 0 Å². The Hall–Kier alpha value is -0.550. The molecule has 0 aliphatic carbocycles. The van der Waals surface area contributed by atoms with E-state index in [1.54, 1.807) is 0 Å². The first-order valence-electron chi connectivity index (χ1n) is 3.95. The first kappa shape index (κ1) is 7.56. The van der Waals surface area contributed by atoms with Gasteiger partial charge in [0.2, 0.25) is 0 Å². The molecule has 1 fully saturated rings. The molecule has 1 rings (SSSR count). The van der Waals surface area contributed by atoms with Gasteiger partial charge < -0.3 is 0 Å². The molecular weight excluding hydrogens is 124 g/mol. The summed E-state index contributed by atoms with van der Waals surface area (Å²) in [6.45, 7) is 3.94. The number of piperidine rings is 1. The predicted octanol–water partition coefficient (Wildman–Crippen LogP) is 1.38. The molecule has 0 N–H and O–H groups in total. The van der Waals surface area contributed by atoms with Gasteiger partial charge in [0.25, 0.3) is 0 Å². The van der Waals surface area contributed by atoms with Gasteiger partial charge in [0.05, 0.1) is 12.6 Å². The van der Waals surface area contributed by atoms with Gasteiger partial charge in [-0.25, -0.2) is 0 Å². The number of nitriles is 1. The minimum absolute atomic E-state index is 0.612. The van der Waals surface area contributed by atoms with Gasteiger partial charge in [-0.05, 0) is 26.3 Å². The summed E-state index contributed by atoms with van der Waals surface area (Å²) in [6.07, 6.45) is 3.87. The minimum Gasteiger partial charge on any atom is -0.288 e. The van der Waals surface area contributed by atoms with Crippen LogP contribution in [-0.4, -0.2) is 24.0 Å². The van der Waals surface area contributed by atoms with Crippen molar-refractivity contribution in [1.29, 1.82) is 5.26 Å². The van der Waals surface area contributed by atoms with E-state index in [0.717, 1.165) is 6.54 Å². The molecule has 0 aromatic carbocycles. The fourth-order valence-electron chi connectivity index (χ4n) is 1.48. The Morgan fingerprint density at radius 3 is 3.00 bits per heavy atom. The monoisotopic (exact) mass is 138 g/mol. The van der Waals surface area contributed by atoms with Crippen LogP contribution in [0.25, 0.3) is 0 Å². The second-order valence-corrected chi connectivity index (χ2v) is 2.97. The van der Waals surface area contributed by atoms with Crippen LogP contribution >= 0.6 is 0 Å². The summed E-state index contributed by atoms with van der Waals surface area (Å²) in [5.41, 5.74) is 0. The van der Waals surface area contributed by atoms with Crippen LogP contribution in [0.5, 0.6) is 0 Å². The molecule has 56 valence electrons. The largest absolute Gasteiger partial charge is 0.288 e. The Morgan fingerprint density at radius 2 is 2.40 bits per heavy atom. The van der Waals surface area contributed by atoms with E-state index in [-0.39, 0.29) is 0 Å². The quantitative estimate of drug-likeness (QED) is 0.512. The van der Waals surface area contributed by atoms with Crippen LogP contribution < -0.4 is 0 Å². The third-order valence-corrected chi connectivity index (χ3v) is 2.21. The van der Waals surface area contributed by atoms with Crippen LogP contribution in [-0.2, 0) is 0 Å². The molecule has 0 aromatic heterocycles. The molecule has 10 heavy (non-hydrogen) atoms. The average molecular weight is 138 g/mol. The van der Waals surface area contributed by atoms with Gasteiger partial charge >= 0.3 is 0 Å². The summed E-state index contributed by atoms with van der Waals surface area (Å²) < 4.78 is 0. The summed E-state index contributed by atoms with van der Waals surface area (Å²) in [5, 5.41) is 8.44. The van der Waals surface area contributed by atoms with Crippen molar-refractivity contribution in [3.63, 3.8) is 0 Å². The molecule has 0 spiro atoms. The van der Waals surface area contributed by atoms with Crippen LogP contribution in [0.3, 0.4) is 0 Å². The molecule has 0 bridgehead atoms. The summed E-state index contributed by atoms with van der Waals surface area (Å²) in [5.74, 6) is 0. The highest BCUT2D eigenvalue weighted by Crippen LogP contribution is 2.14. The summed E-state index contributed by atoms with van der Waals surface area (Å²) in [7, 11) is 0. The van der Waals surface area contributed by atoms with Gasteiger partial charge in [0.1, 0.15) is 0 Å². The lowest BCUT2D eigenvalue weighted by atomic mass is 10.0. The average Bonchev–Trinajstić information content (AvgIpc) is 1.94. The van der Waals surface area contributed by atoms with Gasteiger partial charge in [-0.15, -0.1) is 0 Å². The van der Waals surface area contributed by atoms with E-state index in [1.807, 2.05) is 0 Å². The number of hydrogen-bond donors (Lipinski definition) is 0. The fourth-order valence-corrected chi connectivity index (χ4v) is 1.48. The van der Waals surface area contributed by atoms with Gasteiger partial charge in [0, 0.05) is 6.04 Å². The molecule has 1 aliphatic heterocycles. The molecule has 0 unspecified atom stereocenters. The third-order valence-electron chi connectivity index (χ3n) is 2.21. The SMILES string of the molecule is C[C@@H]1CCCCN1CC#N. The third kappa shape index (κ3) is 1.71. The number of likely N-dealkylation sites (tertiary alicyclic amines) is 1. The second kappa shape index (κ2) is 3.58. The van der Waals surface area contributed by atoms with Gasteiger partial charge in [-0.1, -0.05) is 6.42 Å². The van der Waals surface area contributed by atoms with Crippen molar-refractivity contribution >= 4 is 0 Å². The maximum atomic E-state index is 8.44. The molecule has 1 saturated heterocycles. The Morgan fingerprint density at radius 1 is 1.60 bits per heavy atom. The van der Waals surface area contributed by atoms with Gasteiger partial charge in [0.15, 0.2) is 0 Å². The van der Waals surface area contributed by atoms with Crippen molar-refractivity contribution in [3.8, 4) is 6.07 Å². The first-order chi connectivity index (χ1) is 4.84. The Bertz CT molecular complexity index is 137. The number of hydrogen-bond acceptors (Lipinski definition) is 2. The van der Waals surface area contributed by atoms with E-state index in [4.69, 9.17) is 5.26 Å².